The van der Waals surface area contributed by atoms with Gasteiger partial charge in [-0.05, 0) is 36.6 Å². The molecule has 18 heavy (non-hydrogen) atoms. The van der Waals surface area contributed by atoms with Crippen LogP contribution in [0.25, 0.3) is 11.3 Å². The minimum Gasteiger partial charge on any atom is -0.382 e. The zero-order chi connectivity index (χ0) is 12.4. The number of aromatic nitrogens is 2. The molecule has 1 aliphatic rings. The second-order valence-corrected chi connectivity index (χ2v) is 4.72. The van der Waals surface area contributed by atoms with Gasteiger partial charge >= 0.3 is 0 Å². The van der Waals surface area contributed by atoms with Crippen LogP contribution in [0, 0.1) is 0 Å². The third-order valence-corrected chi connectivity index (χ3v) is 3.50. The number of methoxy groups -OCH3 is 1. The molecule has 1 fully saturated rings. The summed E-state index contributed by atoms with van der Waals surface area (Å²) in [4.78, 5) is 0. The molecule has 2 N–H and O–H groups in total. The van der Waals surface area contributed by atoms with Crippen LogP contribution in [-0.4, -0.2) is 29.5 Å². The molecular formula is C14H17N3O. The summed E-state index contributed by atoms with van der Waals surface area (Å²) in [5.74, 6) is 0. The molecule has 0 amide bonds. The quantitative estimate of drug-likeness (QED) is 0.868. The van der Waals surface area contributed by atoms with Crippen molar-refractivity contribution >= 4 is 5.69 Å². The summed E-state index contributed by atoms with van der Waals surface area (Å²) in [7, 11) is 1.78. The van der Waals surface area contributed by atoms with Gasteiger partial charge in [0, 0.05) is 25.0 Å². The maximum atomic E-state index is 5.27. The lowest BCUT2D eigenvalue weighted by molar-refractivity contribution is 0.0329. The number of anilines is 1. The Morgan fingerprint density at radius 3 is 2.61 bits per heavy atom. The molecule has 0 bridgehead atoms. The van der Waals surface area contributed by atoms with Gasteiger partial charge in [-0.3, -0.25) is 5.10 Å². The molecule has 1 aromatic carbocycles. The molecule has 4 heteroatoms. The monoisotopic (exact) mass is 243 g/mol. The fourth-order valence-electron chi connectivity index (χ4n) is 2.27. The van der Waals surface area contributed by atoms with Crippen LogP contribution in [0.2, 0.25) is 0 Å². The number of nitrogens with zero attached hydrogens (tertiary/aromatic N) is 1. The van der Waals surface area contributed by atoms with Crippen molar-refractivity contribution < 1.29 is 4.74 Å². The van der Waals surface area contributed by atoms with Crippen LogP contribution in [0.5, 0.6) is 0 Å². The van der Waals surface area contributed by atoms with Crippen LogP contribution in [0.3, 0.4) is 0 Å². The number of ether oxygens (including phenoxy) is 1. The van der Waals surface area contributed by atoms with E-state index in [1.54, 1.807) is 13.3 Å². The molecule has 1 aromatic heterocycles. The summed E-state index contributed by atoms with van der Waals surface area (Å²) in [6.45, 7) is 0. The smallest absolute Gasteiger partial charge is 0.0650 e. The van der Waals surface area contributed by atoms with Crippen LogP contribution in [-0.2, 0) is 4.74 Å². The van der Waals surface area contributed by atoms with Gasteiger partial charge in [0.2, 0.25) is 0 Å². The third kappa shape index (κ3) is 2.24. The molecule has 0 aliphatic heterocycles. The molecule has 1 aliphatic carbocycles. The zero-order valence-electron chi connectivity index (χ0n) is 10.4. The van der Waals surface area contributed by atoms with Gasteiger partial charge in [0.25, 0.3) is 0 Å². The van der Waals surface area contributed by atoms with E-state index in [-0.39, 0.29) is 0 Å². The molecule has 1 saturated carbocycles. The van der Waals surface area contributed by atoms with Gasteiger partial charge in [-0.15, -0.1) is 0 Å². The predicted octanol–water partition coefficient (Wildman–Crippen LogP) is 2.67. The number of aromatic amines is 1. The lowest BCUT2D eigenvalue weighted by Crippen LogP contribution is -2.40. The van der Waals surface area contributed by atoms with Gasteiger partial charge in [0.15, 0.2) is 0 Å². The molecule has 0 spiro atoms. The highest BCUT2D eigenvalue weighted by atomic mass is 16.5. The van der Waals surface area contributed by atoms with E-state index in [4.69, 9.17) is 4.74 Å². The average Bonchev–Trinajstić information content (AvgIpc) is 2.88. The van der Waals surface area contributed by atoms with Crippen LogP contribution in [0.15, 0.2) is 36.5 Å². The van der Waals surface area contributed by atoms with E-state index in [1.165, 1.54) is 0 Å². The molecule has 0 radical (unpaired) electrons. The molecule has 94 valence electrons. The summed E-state index contributed by atoms with van der Waals surface area (Å²) in [6, 6.07) is 10.9. The van der Waals surface area contributed by atoms with Crippen LogP contribution in [0.1, 0.15) is 12.8 Å². The number of hydrogen-bond acceptors (Lipinski definition) is 3. The van der Waals surface area contributed by atoms with Gasteiger partial charge in [-0.25, -0.2) is 0 Å². The summed E-state index contributed by atoms with van der Waals surface area (Å²) < 4.78 is 5.27. The molecule has 0 saturated heterocycles. The highest BCUT2D eigenvalue weighted by Gasteiger charge is 2.28. The first-order valence-electron chi connectivity index (χ1n) is 6.24. The van der Waals surface area contributed by atoms with Crippen LogP contribution < -0.4 is 5.32 Å². The lowest BCUT2D eigenvalue weighted by atomic mass is 9.89. The highest BCUT2D eigenvalue weighted by molar-refractivity contribution is 5.62. The van der Waals surface area contributed by atoms with Gasteiger partial charge in [0.05, 0.1) is 11.8 Å². The Morgan fingerprint density at radius 2 is 2.00 bits per heavy atom. The van der Waals surface area contributed by atoms with Gasteiger partial charge in [-0.2, -0.15) is 5.10 Å². The molecule has 1 heterocycles. The van der Waals surface area contributed by atoms with Crippen LogP contribution in [0.4, 0.5) is 5.69 Å². The van der Waals surface area contributed by atoms with Crippen molar-refractivity contribution in [2.75, 3.05) is 12.4 Å². The molecule has 3 rings (SSSR count). The fraction of sp³-hybridized carbons (Fsp3) is 0.357. The summed E-state index contributed by atoms with van der Waals surface area (Å²) >= 11 is 0. The maximum Gasteiger partial charge on any atom is 0.0650 e. The number of nitrogens with one attached hydrogen (secondary N) is 2. The van der Waals surface area contributed by atoms with E-state index in [2.05, 4.69) is 39.8 Å². The molecule has 0 atom stereocenters. The lowest BCUT2D eigenvalue weighted by Gasteiger charge is -2.35. The number of hydrogen-bond donors (Lipinski definition) is 2. The van der Waals surface area contributed by atoms with Gasteiger partial charge < -0.3 is 10.1 Å². The van der Waals surface area contributed by atoms with Gasteiger partial charge in [-0.1, -0.05) is 12.1 Å². The second kappa shape index (κ2) is 4.82. The first-order valence-corrected chi connectivity index (χ1v) is 6.24. The Balaban J connectivity index is 1.62. The first kappa shape index (κ1) is 11.3. The van der Waals surface area contributed by atoms with Crippen molar-refractivity contribution in [1.82, 2.24) is 10.2 Å². The Morgan fingerprint density at radius 1 is 1.22 bits per heavy atom. The average molecular weight is 243 g/mol. The summed E-state index contributed by atoms with van der Waals surface area (Å²) in [6.07, 6.45) is 4.39. The van der Waals surface area contributed by atoms with E-state index >= 15 is 0 Å². The Hall–Kier alpha value is -1.81. The third-order valence-electron chi connectivity index (χ3n) is 3.50. The SMILES string of the molecule is COC1CC(Nc2ccc(-c3ccn[nH]3)cc2)C1. The standard InChI is InChI=1S/C14H17N3O/c1-18-13-8-12(9-13)16-11-4-2-10(3-5-11)14-6-7-15-17-14/h2-7,12-13,16H,8-9H2,1H3,(H,15,17). The maximum absolute atomic E-state index is 5.27. The minimum atomic E-state index is 0.437. The highest BCUT2D eigenvalue weighted by Crippen LogP contribution is 2.27. The molecule has 2 aromatic rings. The van der Waals surface area contributed by atoms with Gasteiger partial charge in [0.1, 0.15) is 0 Å². The first-order chi connectivity index (χ1) is 8.85. The minimum absolute atomic E-state index is 0.437. The second-order valence-electron chi connectivity index (χ2n) is 4.72. The number of rotatable bonds is 4. The van der Waals surface area contributed by atoms with Crippen molar-refractivity contribution in [2.24, 2.45) is 0 Å². The van der Waals surface area contributed by atoms with Crippen molar-refractivity contribution in [2.45, 2.75) is 25.0 Å². The molecule has 4 nitrogen and oxygen atoms in total. The van der Waals surface area contributed by atoms with E-state index < -0.39 is 0 Å². The van der Waals surface area contributed by atoms with E-state index in [1.807, 2.05) is 6.07 Å². The molecular weight excluding hydrogens is 226 g/mol. The van der Waals surface area contributed by atoms with E-state index in [0.29, 0.717) is 12.1 Å². The van der Waals surface area contributed by atoms with E-state index in [0.717, 1.165) is 29.8 Å². The Bertz CT molecular complexity index is 486. The Labute approximate surface area is 106 Å². The van der Waals surface area contributed by atoms with Crippen molar-refractivity contribution in [3.63, 3.8) is 0 Å². The van der Waals surface area contributed by atoms with Crippen molar-refractivity contribution in [3.05, 3.63) is 36.5 Å². The zero-order valence-corrected chi connectivity index (χ0v) is 10.4. The summed E-state index contributed by atoms with van der Waals surface area (Å²) in [5, 5.41) is 10.4. The summed E-state index contributed by atoms with van der Waals surface area (Å²) in [5.41, 5.74) is 3.36. The Kier molecular flexibility index (Phi) is 3.02. The topological polar surface area (TPSA) is 49.9 Å². The normalized spacial score (nSPS) is 22.5. The number of H-pyrrole nitrogens is 1. The van der Waals surface area contributed by atoms with Crippen LogP contribution >= 0.6 is 0 Å². The number of benzene rings is 1. The van der Waals surface area contributed by atoms with E-state index in [9.17, 15) is 0 Å². The largest absolute Gasteiger partial charge is 0.382 e. The van der Waals surface area contributed by atoms with Crippen molar-refractivity contribution in [1.29, 1.82) is 0 Å². The predicted molar refractivity (Wildman–Crippen MR) is 71.5 cm³/mol. The fourth-order valence-corrected chi connectivity index (χ4v) is 2.27. The molecule has 0 unspecified atom stereocenters. The van der Waals surface area contributed by atoms with Crippen molar-refractivity contribution in [3.8, 4) is 11.3 Å².